The molecule has 0 aliphatic carbocycles. The molecule has 0 fully saturated rings. The Labute approximate surface area is 116 Å². The van der Waals surface area contributed by atoms with Gasteiger partial charge in [-0.3, -0.25) is 0 Å². The fraction of sp³-hybridized carbons (Fsp3) is 0.625. The van der Waals surface area contributed by atoms with Crippen LogP contribution in [0.25, 0.3) is 0 Å². The maximum atomic E-state index is 12.9. The second kappa shape index (κ2) is 7.01. The first-order chi connectivity index (χ1) is 8.81. The third-order valence-electron chi connectivity index (χ3n) is 3.13. The minimum Gasteiger partial charge on any atom is -0.392 e. The lowest BCUT2D eigenvalue weighted by atomic mass is 9.89. The lowest BCUT2D eigenvalue weighted by molar-refractivity contribution is 0.116. The lowest BCUT2D eigenvalue weighted by Crippen LogP contribution is -2.32. The number of aliphatic hydroxyl groups excluding tert-OH is 1. The number of benzene rings is 1. The van der Waals surface area contributed by atoms with E-state index in [4.69, 9.17) is 0 Å². The van der Waals surface area contributed by atoms with Gasteiger partial charge in [-0.2, -0.15) is 0 Å². The predicted molar refractivity (Wildman–Crippen MR) is 77.5 cm³/mol. The molecule has 2 atom stereocenters. The van der Waals surface area contributed by atoms with E-state index in [9.17, 15) is 9.50 Å². The summed E-state index contributed by atoms with van der Waals surface area (Å²) >= 11 is 0. The minimum atomic E-state index is -0.352. The molecular weight excluding hydrogens is 241 g/mol. The van der Waals surface area contributed by atoms with E-state index in [1.54, 1.807) is 12.1 Å². The molecule has 2 unspecified atom stereocenters. The van der Waals surface area contributed by atoms with Gasteiger partial charge in [0.15, 0.2) is 0 Å². The molecule has 0 saturated carbocycles. The van der Waals surface area contributed by atoms with Crippen molar-refractivity contribution in [3.05, 3.63) is 35.6 Å². The number of rotatable bonds is 6. The monoisotopic (exact) mass is 267 g/mol. The molecule has 0 saturated heterocycles. The van der Waals surface area contributed by atoms with Crippen molar-refractivity contribution in [2.75, 3.05) is 6.54 Å². The highest BCUT2D eigenvalue weighted by Crippen LogP contribution is 2.21. The summed E-state index contributed by atoms with van der Waals surface area (Å²) in [5, 5.41) is 13.4. The molecule has 0 aromatic heterocycles. The Morgan fingerprint density at radius 3 is 2.26 bits per heavy atom. The number of aliphatic hydroxyl groups is 1. The fourth-order valence-electron chi connectivity index (χ4n) is 2.25. The SMILES string of the molecule is CCC(NCC(O)CC(C)(C)C)c1ccc(F)cc1. The first-order valence-corrected chi connectivity index (χ1v) is 6.98. The molecule has 108 valence electrons. The van der Waals surface area contributed by atoms with Crippen LogP contribution in [0.5, 0.6) is 0 Å². The number of hydrogen-bond donors (Lipinski definition) is 2. The molecule has 19 heavy (non-hydrogen) atoms. The van der Waals surface area contributed by atoms with Crippen molar-refractivity contribution >= 4 is 0 Å². The third-order valence-corrected chi connectivity index (χ3v) is 3.13. The van der Waals surface area contributed by atoms with Gasteiger partial charge in [0.25, 0.3) is 0 Å². The Morgan fingerprint density at radius 1 is 1.21 bits per heavy atom. The summed E-state index contributed by atoms with van der Waals surface area (Å²) in [5.41, 5.74) is 1.19. The quantitative estimate of drug-likeness (QED) is 0.824. The maximum absolute atomic E-state index is 12.9. The smallest absolute Gasteiger partial charge is 0.123 e. The van der Waals surface area contributed by atoms with E-state index in [0.717, 1.165) is 18.4 Å². The molecule has 0 heterocycles. The second-order valence-corrected chi connectivity index (χ2v) is 6.34. The Kier molecular flexibility index (Phi) is 5.95. The molecule has 0 aliphatic heterocycles. The highest BCUT2D eigenvalue weighted by atomic mass is 19.1. The summed E-state index contributed by atoms with van der Waals surface area (Å²) in [7, 11) is 0. The second-order valence-electron chi connectivity index (χ2n) is 6.34. The first-order valence-electron chi connectivity index (χ1n) is 6.98. The number of hydrogen-bond acceptors (Lipinski definition) is 2. The Balaban J connectivity index is 2.51. The van der Waals surface area contributed by atoms with Crippen molar-refractivity contribution in [1.29, 1.82) is 0 Å². The van der Waals surface area contributed by atoms with E-state index in [-0.39, 0.29) is 23.4 Å². The van der Waals surface area contributed by atoms with Crippen LogP contribution in [0.1, 0.15) is 52.1 Å². The summed E-state index contributed by atoms with van der Waals surface area (Å²) in [5.74, 6) is -0.216. The van der Waals surface area contributed by atoms with Crippen molar-refractivity contribution in [3.63, 3.8) is 0 Å². The lowest BCUT2D eigenvalue weighted by Gasteiger charge is -2.25. The standard InChI is InChI=1S/C16H26FNO/c1-5-15(12-6-8-13(17)9-7-12)18-11-14(19)10-16(2,3)4/h6-9,14-15,18-19H,5,10-11H2,1-4H3. The normalized spacial score (nSPS) is 15.3. The molecule has 0 bridgehead atoms. The molecule has 2 nitrogen and oxygen atoms in total. The molecule has 2 N–H and O–H groups in total. The van der Waals surface area contributed by atoms with Crippen LogP contribution in [0.15, 0.2) is 24.3 Å². The van der Waals surface area contributed by atoms with Gasteiger partial charge in [0.05, 0.1) is 6.10 Å². The summed E-state index contributed by atoms with van der Waals surface area (Å²) in [4.78, 5) is 0. The topological polar surface area (TPSA) is 32.3 Å². The fourth-order valence-corrected chi connectivity index (χ4v) is 2.25. The molecule has 0 spiro atoms. The van der Waals surface area contributed by atoms with Crippen molar-refractivity contribution in [2.45, 2.75) is 52.7 Å². The third kappa shape index (κ3) is 6.17. The van der Waals surface area contributed by atoms with Crippen LogP contribution >= 0.6 is 0 Å². The van der Waals surface area contributed by atoms with Gasteiger partial charge in [0.1, 0.15) is 5.82 Å². The number of nitrogens with one attached hydrogen (secondary N) is 1. The van der Waals surface area contributed by atoms with Crippen molar-refractivity contribution < 1.29 is 9.50 Å². The van der Waals surface area contributed by atoms with E-state index >= 15 is 0 Å². The predicted octanol–water partition coefficient (Wildman–Crippen LogP) is 3.66. The molecule has 3 heteroatoms. The van der Waals surface area contributed by atoms with Gasteiger partial charge >= 0.3 is 0 Å². The first kappa shape index (κ1) is 16.1. The maximum Gasteiger partial charge on any atom is 0.123 e. The van der Waals surface area contributed by atoms with Crippen molar-refractivity contribution in [1.82, 2.24) is 5.32 Å². The van der Waals surface area contributed by atoms with Crippen molar-refractivity contribution in [2.24, 2.45) is 5.41 Å². The van der Waals surface area contributed by atoms with Gasteiger partial charge in [0.2, 0.25) is 0 Å². The molecular formula is C16H26FNO. The molecule has 0 amide bonds. The summed E-state index contributed by atoms with van der Waals surface area (Å²) in [6.45, 7) is 9.00. The average molecular weight is 267 g/mol. The van der Waals surface area contributed by atoms with Gasteiger partial charge < -0.3 is 10.4 Å². The average Bonchev–Trinajstić information content (AvgIpc) is 2.29. The minimum absolute atomic E-state index is 0.124. The largest absolute Gasteiger partial charge is 0.392 e. The molecule has 0 radical (unpaired) electrons. The van der Waals surface area contributed by atoms with E-state index in [1.807, 2.05) is 0 Å². The van der Waals surface area contributed by atoms with Gasteiger partial charge in [-0.15, -0.1) is 0 Å². The van der Waals surface area contributed by atoms with Crippen LogP contribution < -0.4 is 5.32 Å². The zero-order valence-corrected chi connectivity index (χ0v) is 12.4. The van der Waals surface area contributed by atoms with E-state index in [0.29, 0.717) is 6.54 Å². The summed E-state index contributed by atoms with van der Waals surface area (Å²) in [6, 6.07) is 6.71. The zero-order chi connectivity index (χ0) is 14.5. The number of halogens is 1. The van der Waals surface area contributed by atoms with Gasteiger partial charge in [-0.05, 0) is 36.0 Å². The van der Waals surface area contributed by atoms with E-state index < -0.39 is 0 Å². The Bertz CT molecular complexity index is 369. The van der Waals surface area contributed by atoms with Crippen molar-refractivity contribution in [3.8, 4) is 0 Å². The highest BCUT2D eigenvalue weighted by molar-refractivity contribution is 5.19. The molecule has 0 aliphatic rings. The van der Waals surface area contributed by atoms with E-state index in [1.165, 1.54) is 12.1 Å². The van der Waals surface area contributed by atoms with Crippen LogP contribution in [0.3, 0.4) is 0 Å². The summed E-state index contributed by atoms with van der Waals surface area (Å²) < 4.78 is 12.9. The van der Waals surface area contributed by atoms with Gasteiger partial charge in [0, 0.05) is 12.6 Å². The van der Waals surface area contributed by atoms with Crippen LogP contribution in [0.4, 0.5) is 4.39 Å². The summed E-state index contributed by atoms with van der Waals surface area (Å²) in [6.07, 6.45) is 1.32. The Morgan fingerprint density at radius 2 is 1.79 bits per heavy atom. The van der Waals surface area contributed by atoms with Crippen LogP contribution in [-0.4, -0.2) is 17.8 Å². The molecule has 1 aromatic carbocycles. The van der Waals surface area contributed by atoms with Gasteiger partial charge in [-0.1, -0.05) is 39.8 Å². The van der Waals surface area contributed by atoms with Crippen LogP contribution in [0.2, 0.25) is 0 Å². The zero-order valence-electron chi connectivity index (χ0n) is 12.4. The molecule has 1 rings (SSSR count). The molecule has 1 aromatic rings. The Hall–Kier alpha value is -0.930. The van der Waals surface area contributed by atoms with E-state index in [2.05, 4.69) is 33.0 Å². The van der Waals surface area contributed by atoms with Gasteiger partial charge in [-0.25, -0.2) is 4.39 Å². The van der Waals surface area contributed by atoms with Crippen LogP contribution in [0, 0.1) is 11.2 Å². The highest BCUT2D eigenvalue weighted by Gasteiger charge is 2.18. The van der Waals surface area contributed by atoms with Crippen LogP contribution in [-0.2, 0) is 0 Å².